The molecule has 96 valence electrons. The van der Waals surface area contributed by atoms with Crippen molar-refractivity contribution in [2.75, 3.05) is 13.2 Å². The van der Waals surface area contributed by atoms with E-state index in [2.05, 4.69) is 41.9 Å². The van der Waals surface area contributed by atoms with Crippen LogP contribution in [0.3, 0.4) is 0 Å². The van der Waals surface area contributed by atoms with Crippen LogP contribution in [0.5, 0.6) is 0 Å². The molecular weight excluding hydrogens is 214 g/mol. The Morgan fingerprint density at radius 2 is 2.41 bits per heavy atom. The van der Waals surface area contributed by atoms with E-state index in [9.17, 15) is 0 Å². The summed E-state index contributed by atoms with van der Waals surface area (Å²) in [5.41, 5.74) is 1.14. The SMILES string of the molecule is CCNC(c1ccnn1CC)C1(C)CCCO1. The van der Waals surface area contributed by atoms with E-state index in [-0.39, 0.29) is 11.6 Å². The molecule has 0 aliphatic carbocycles. The molecule has 0 bridgehead atoms. The zero-order valence-corrected chi connectivity index (χ0v) is 11.1. The average Bonchev–Trinajstić information content (AvgIpc) is 2.95. The quantitative estimate of drug-likeness (QED) is 0.852. The molecule has 17 heavy (non-hydrogen) atoms. The number of nitrogens with zero attached hydrogens (tertiary/aromatic N) is 2. The van der Waals surface area contributed by atoms with Crippen LogP contribution in [0.4, 0.5) is 0 Å². The fraction of sp³-hybridized carbons (Fsp3) is 0.769. The van der Waals surface area contributed by atoms with Crippen LogP contribution in [-0.2, 0) is 11.3 Å². The number of nitrogens with one attached hydrogen (secondary N) is 1. The Morgan fingerprint density at radius 1 is 1.59 bits per heavy atom. The van der Waals surface area contributed by atoms with Crippen molar-refractivity contribution in [1.82, 2.24) is 15.1 Å². The summed E-state index contributed by atoms with van der Waals surface area (Å²) in [5, 5.41) is 7.92. The molecule has 1 fully saturated rings. The summed E-state index contributed by atoms with van der Waals surface area (Å²) < 4.78 is 8.03. The van der Waals surface area contributed by atoms with Crippen LogP contribution in [0.2, 0.25) is 0 Å². The molecule has 0 aromatic carbocycles. The Kier molecular flexibility index (Phi) is 3.84. The summed E-state index contributed by atoms with van der Waals surface area (Å²) in [6, 6.07) is 2.33. The van der Waals surface area contributed by atoms with Gasteiger partial charge in [0, 0.05) is 19.3 Å². The Bertz CT molecular complexity index is 355. The number of hydrogen-bond donors (Lipinski definition) is 1. The van der Waals surface area contributed by atoms with Gasteiger partial charge >= 0.3 is 0 Å². The van der Waals surface area contributed by atoms with E-state index >= 15 is 0 Å². The van der Waals surface area contributed by atoms with E-state index < -0.39 is 0 Å². The van der Waals surface area contributed by atoms with E-state index in [1.807, 2.05) is 6.20 Å². The first-order valence-electron chi connectivity index (χ1n) is 6.60. The molecular formula is C13H23N3O. The van der Waals surface area contributed by atoms with Crippen LogP contribution in [0.1, 0.15) is 45.3 Å². The summed E-state index contributed by atoms with van der Waals surface area (Å²) in [5.74, 6) is 0. The van der Waals surface area contributed by atoms with Gasteiger partial charge in [-0.05, 0) is 39.3 Å². The molecule has 1 aliphatic heterocycles. The van der Waals surface area contributed by atoms with E-state index in [1.165, 1.54) is 5.69 Å². The molecule has 1 saturated heterocycles. The summed E-state index contributed by atoms with van der Waals surface area (Å²) in [4.78, 5) is 0. The van der Waals surface area contributed by atoms with Gasteiger partial charge in [0.15, 0.2) is 0 Å². The van der Waals surface area contributed by atoms with Gasteiger partial charge in [-0.15, -0.1) is 0 Å². The van der Waals surface area contributed by atoms with Crippen molar-refractivity contribution in [3.8, 4) is 0 Å². The number of ether oxygens (including phenoxy) is 1. The molecule has 2 heterocycles. The summed E-state index contributed by atoms with van der Waals surface area (Å²) in [6.45, 7) is 9.19. The fourth-order valence-electron chi connectivity index (χ4n) is 2.72. The third kappa shape index (κ3) is 2.38. The lowest BCUT2D eigenvalue weighted by Gasteiger charge is -2.34. The van der Waals surface area contributed by atoms with Crippen molar-refractivity contribution in [1.29, 1.82) is 0 Å². The van der Waals surface area contributed by atoms with Crippen molar-refractivity contribution in [3.05, 3.63) is 18.0 Å². The first kappa shape index (κ1) is 12.6. The van der Waals surface area contributed by atoms with Gasteiger partial charge in [-0.25, -0.2) is 0 Å². The Labute approximate surface area is 103 Å². The fourth-order valence-corrected chi connectivity index (χ4v) is 2.72. The van der Waals surface area contributed by atoms with Gasteiger partial charge in [0.25, 0.3) is 0 Å². The Hall–Kier alpha value is -0.870. The number of rotatable bonds is 5. The highest BCUT2D eigenvalue weighted by Gasteiger charge is 2.40. The summed E-state index contributed by atoms with van der Waals surface area (Å²) in [6.07, 6.45) is 4.14. The minimum absolute atomic E-state index is 0.0943. The molecule has 2 atom stereocenters. The second kappa shape index (κ2) is 5.19. The Morgan fingerprint density at radius 3 is 3.00 bits per heavy atom. The standard InChI is InChI=1S/C13H23N3O/c1-4-14-12(13(3)8-6-10-17-13)11-7-9-15-16(11)5-2/h7,9,12,14H,4-6,8,10H2,1-3H3. The van der Waals surface area contributed by atoms with Gasteiger partial charge in [0.2, 0.25) is 0 Å². The third-order valence-corrected chi connectivity index (χ3v) is 3.61. The molecule has 0 spiro atoms. The zero-order chi connectivity index (χ0) is 12.3. The van der Waals surface area contributed by atoms with Crippen LogP contribution in [-0.4, -0.2) is 28.5 Å². The highest BCUT2D eigenvalue weighted by molar-refractivity contribution is 5.13. The molecule has 1 N–H and O–H groups in total. The molecule has 2 unspecified atom stereocenters. The lowest BCUT2D eigenvalue weighted by atomic mass is 9.90. The van der Waals surface area contributed by atoms with E-state index in [1.54, 1.807) is 0 Å². The van der Waals surface area contributed by atoms with E-state index in [4.69, 9.17) is 4.74 Å². The van der Waals surface area contributed by atoms with Crippen molar-refractivity contribution in [3.63, 3.8) is 0 Å². The van der Waals surface area contributed by atoms with Crippen LogP contribution < -0.4 is 5.32 Å². The zero-order valence-electron chi connectivity index (χ0n) is 11.1. The second-order valence-corrected chi connectivity index (χ2v) is 4.83. The minimum atomic E-state index is -0.0943. The highest BCUT2D eigenvalue weighted by atomic mass is 16.5. The number of likely N-dealkylation sites (N-methyl/N-ethyl adjacent to an activating group) is 1. The number of hydrogen-bond acceptors (Lipinski definition) is 3. The maximum Gasteiger partial charge on any atom is 0.0864 e. The molecule has 4 nitrogen and oxygen atoms in total. The number of aryl methyl sites for hydroxylation is 1. The van der Waals surface area contributed by atoms with Crippen molar-refractivity contribution >= 4 is 0 Å². The third-order valence-electron chi connectivity index (χ3n) is 3.61. The maximum absolute atomic E-state index is 5.97. The lowest BCUT2D eigenvalue weighted by molar-refractivity contribution is -0.0144. The minimum Gasteiger partial charge on any atom is -0.373 e. The largest absolute Gasteiger partial charge is 0.373 e. The summed E-state index contributed by atoms with van der Waals surface area (Å²) >= 11 is 0. The van der Waals surface area contributed by atoms with Crippen LogP contribution in [0.25, 0.3) is 0 Å². The van der Waals surface area contributed by atoms with Crippen molar-refractivity contribution in [2.24, 2.45) is 0 Å². The van der Waals surface area contributed by atoms with Crippen LogP contribution >= 0.6 is 0 Å². The topological polar surface area (TPSA) is 39.1 Å². The molecule has 2 rings (SSSR count). The van der Waals surface area contributed by atoms with Gasteiger partial charge in [0.1, 0.15) is 0 Å². The predicted molar refractivity (Wildman–Crippen MR) is 67.9 cm³/mol. The van der Waals surface area contributed by atoms with Crippen LogP contribution in [0.15, 0.2) is 12.3 Å². The molecule has 1 aliphatic rings. The maximum atomic E-state index is 5.97. The van der Waals surface area contributed by atoms with Gasteiger partial charge in [0.05, 0.1) is 17.3 Å². The van der Waals surface area contributed by atoms with Crippen molar-refractivity contribution < 1.29 is 4.74 Å². The Balaban J connectivity index is 2.28. The second-order valence-electron chi connectivity index (χ2n) is 4.83. The van der Waals surface area contributed by atoms with Crippen LogP contribution in [0, 0.1) is 0 Å². The van der Waals surface area contributed by atoms with Gasteiger partial charge < -0.3 is 10.1 Å². The monoisotopic (exact) mass is 237 g/mol. The average molecular weight is 237 g/mol. The van der Waals surface area contributed by atoms with E-state index in [0.29, 0.717) is 0 Å². The van der Waals surface area contributed by atoms with Crippen molar-refractivity contribution in [2.45, 2.75) is 51.8 Å². The molecule has 0 radical (unpaired) electrons. The van der Waals surface area contributed by atoms with Gasteiger partial charge in [-0.3, -0.25) is 4.68 Å². The van der Waals surface area contributed by atoms with E-state index in [0.717, 1.165) is 32.5 Å². The lowest BCUT2D eigenvalue weighted by Crippen LogP contribution is -2.42. The smallest absolute Gasteiger partial charge is 0.0864 e. The first-order chi connectivity index (χ1) is 8.21. The number of aromatic nitrogens is 2. The molecule has 1 aromatic rings. The van der Waals surface area contributed by atoms with Gasteiger partial charge in [-0.1, -0.05) is 6.92 Å². The highest BCUT2D eigenvalue weighted by Crippen LogP contribution is 2.37. The summed E-state index contributed by atoms with van der Waals surface area (Å²) in [7, 11) is 0. The van der Waals surface area contributed by atoms with Gasteiger partial charge in [-0.2, -0.15) is 5.10 Å². The normalized spacial score (nSPS) is 26.3. The molecule has 0 amide bonds. The molecule has 1 aromatic heterocycles. The first-order valence-corrected chi connectivity index (χ1v) is 6.60. The predicted octanol–water partition coefficient (Wildman–Crippen LogP) is 2.12. The molecule has 0 saturated carbocycles. The molecule has 4 heteroatoms.